The Kier molecular flexibility index (Phi) is 1080. The maximum absolute atomic E-state index is 6.81. The van der Waals surface area contributed by atoms with Crippen molar-refractivity contribution in [2.45, 2.75) is 0 Å². The summed E-state index contributed by atoms with van der Waals surface area (Å²) in [4.78, 5) is 20.4. The molecule has 0 spiro atoms. The smallest absolute Gasteiger partial charge is 0.240 e. The molecule has 0 unspecified atom stereocenters. The van der Waals surface area contributed by atoms with Crippen molar-refractivity contribution >= 4 is 31.5 Å². The Morgan fingerprint density at radius 3 is 0.500 bits per heavy atom. The number of hydrogen-bond donors (Lipinski definition) is 3. The summed E-state index contributed by atoms with van der Waals surface area (Å²) < 4.78 is 0. The average Bonchev–Trinajstić information content (AvgIpc) is 1.81. The molecular weight excluding hydrogens is 132 g/mol. The molecular formula is H3O3Si3. The van der Waals surface area contributed by atoms with Crippen LogP contribution in [0.4, 0.5) is 0 Å². The van der Waals surface area contributed by atoms with Crippen LogP contribution in [-0.4, -0.2) is 45.8 Å². The number of hydrogen-bond acceptors (Lipinski definition) is 3. The predicted molar refractivity (Wildman–Crippen MR) is 23.9 cm³/mol. The van der Waals surface area contributed by atoms with Crippen LogP contribution in [0.2, 0.25) is 0 Å². The van der Waals surface area contributed by atoms with Gasteiger partial charge in [0.1, 0.15) is 0 Å². The fourth-order valence-corrected chi connectivity index (χ4v) is 0. The lowest BCUT2D eigenvalue weighted by atomic mass is 15.9. The lowest BCUT2D eigenvalue weighted by Gasteiger charge is -1.15. The monoisotopic (exact) mass is 135 g/mol. The first-order valence-electron chi connectivity index (χ1n) is 0.671. The molecule has 0 aliphatic rings. The van der Waals surface area contributed by atoms with Crippen molar-refractivity contribution in [3.05, 3.63) is 0 Å². The fourth-order valence-electron chi connectivity index (χ4n) is 0. The molecule has 0 saturated carbocycles. The van der Waals surface area contributed by atoms with Gasteiger partial charge in [-0.05, 0) is 0 Å². The van der Waals surface area contributed by atoms with E-state index in [1.165, 1.54) is 0 Å². The Morgan fingerprint density at radius 1 is 0.500 bits per heavy atom. The standard InChI is InChI=1S/3HOSi/c3*1-2/h3*1H. The van der Waals surface area contributed by atoms with Crippen LogP contribution in [0, 0.1) is 0 Å². The molecule has 6 heavy (non-hydrogen) atoms. The molecule has 0 aliphatic heterocycles. The maximum Gasteiger partial charge on any atom is 0.240 e. The predicted octanol–water partition coefficient (Wildman–Crippen LogP) is -2.81. The highest BCUT2D eigenvalue weighted by molar-refractivity contribution is 5.95. The van der Waals surface area contributed by atoms with Crippen LogP contribution in [0.25, 0.3) is 0 Å². The zero-order valence-corrected chi connectivity index (χ0v) is 5.84. The van der Waals surface area contributed by atoms with Crippen molar-refractivity contribution in [1.29, 1.82) is 0 Å². The van der Waals surface area contributed by atoms with Gasteiger partial charge in [-0.25, -0.2) is 0 Å². The van der Waals surface area contributed by atoms with E-state index in [1.54, 1.807) is 0 Å². The van der Waals surface area contributed by atoms with Crippen LogP contribution in [0.15, 0.2) is 0 Å². The van der Waals surface area contributed by atoms with Gasteiger partial charge in [0.2, 0.25) is 31.5 Å². The minimum atomic E-state index is 1.97. The molecule has 0 heterocycles. The largest absolute Gasteiger partial charge is 0.433 e. The van der Waals surface area contributed by atoms with Gasteiger partial charge in [-0.3, -0.25) is 0 Å². The van der Waals surface area contributed by atoms with Crippen LogP contribution in [0.5, 0.6) is 0 Å². The molecule has 0 aromatic carbocycles. The first kappa shape index (κ1) is 16.0. The van der Waals surface area contributed by atoms with Crippen LogP contribution >= 0.6 is 0 Å². The number of rotatable bonds is 0. The molecule has 0 fully saturated rings. The molecule has 9 radical (unpaired) electrons. The zero-order valence-electron chi connectivity index (χ0n) is 2.84. The van der Waals surface area contributed by atoms with E-state index in [4.69, 9.17) is 14.4 Å². The Balaban J connectivity index is -0.0000000225. The Hall–Kier alpha value is 0.531. The van der Waals surface area contributed by atoms with Gasteiger partial charge < -0.3 is 14.4 Å². The van der Waals surface area contributed by atoms with Gasteiger partial charge in [0.25, 0.3) is 0 Å². The van der Waals surface area contributed by atoms with Crippen LogP contribution in [0.3, 0.4) is 0 Å². The molecule has 0 atom stereocenters. The third-order valence-electron chi connectivity index (χ3n) is 0. The summed E-state index contributed by atoms with van der Waals surface area (Å²) in [6.07, 6.45) is 0. The van der Waals surface area contributed by atoms with E-state index in [0.29, 0.717) is 0 Å². The molecule has 0 aromatic heterocycles. The maximum atomic E-state index is 6.81. The summed E-state index contributed by atoms with van der Waals surface area (Å²) in [7, 11) is 5.92. The first-order valence-corrected chi connectivity index (χ1v) is 2.01. The second kappa shape index (κ2) is 403. The second-order valence-electron chi connectivity index (χ2n) is 0. The molecule has 0 aromatic rings. The normalized spacial score (nSPS) is 3.00. The highest BCUT2D eigenvalue weighted by Crippen LogP contribution is 0.670. The molecule has 0 bridgehead atoms. The van der Waals surface area contributed by atoms with E-state index >= 15 is 0 Å². The third kappa shape index (κ3) is 201. The van der Waals surface area contributed by atoms with E-state index < -0.39 is 0 Å². The van der Waals surface area contributed by atoms with E-state index in [1.807, 2.05) is 31.5 Å². The Labute approximate surface area is 46.7 Å². The highest BCUT2D eigenvalue weighted by atomic mass is 28.2. The molecule has 0 rings (SSSR count). The van der Waals surface area contributed by atoms with Crippen molar-refractivity contribution in [3.63, 3.8) is 0 Å². The lowest BCUT2D eigenvalue weighted by Crippen LogP contribution is -1.34. The van der Waals surface area contributed by atoms with Gasteiger partial charge in [0, 0.05) is 0 Å². The van der Waals surface area contributed by atoms with Gasteiger partial charge in [-0.15, -0.1) is 0 Å². The molecule has 0 saturated heterocycles. The van der Waals surface area contributed by atoms with Gasteiger partial charge in [-0.2, -0.15) is 0 Å². The van der Waals surface area contributed by atoms with Gasteiger partial charge in [0.05, 0.1) is 0 Å². The van der Waals surface area contributed by atoms with Crippen molar-refractivity contribution in [2.24, 2.45) is 0 Å². The SMILES string of the molecule is O[Si].O[Si].O[Si]. The highest BCUT2D eigenvalue weighted by Gasteiger charge is 0.963. The van der Waals surface area contributed by atoms with Crippen molar-refractivity contribution in [2.75, 3.05) is 0 Å². The van der Waals surface area contributed by atoms with E-state index in [0.717, 1.165) is 0 Å². The summed E-state index contributed by atoms with van der Waals surface area (Å²) in [6, 6.07) is 0. The van der Waals surface area contributed by atoms with Crippen molar-refractivity contribution < 1.29 is 14.4 Å². The molecule has 3 nitrogen and oxygen atoms in total. The van der Waals surface area contributed by atoms with Gasteiger partial charge in [0.15, 0.2) is 0 Å². The third-order valence-corrected chi connectivity index (χ3v) is 0. The van der Waals surface area contributed by atoms with Crippen LogP contribution in [0.1, 0.15) is 0 Å². The second-order valence-corrected chi connectivity index (χ2v) is 0. The van der Waals surface area contributed by atoms with Crippen molar-refractivity contribution in [1.82, 2.24) is 0 Å². The molecule has 3 N–H and O–H groups in total. The molecule has 33 valence electrons. The van der Waals surface area contributed by atoms with E-state index in [-0.39, 0.29) is 0 Å². The Morgan fingerprint density at radius 2 is 0.500 bits per heavy atom. The summed E-state index contributed by atoms with van der Waals surface area (Å²) >= 11 is 0. The average molecular weight is 135 g/mol. The molecule has 6 heteroatoms. The van der Waals surface area contributed by atoms with E-state index in [2.05, 4.69) is 0 Å². The lowest BCUT2D eigenvalue weighted by molar-refractivity contribution is 0.628. The first-order chi connectivity index (χ1) is 3.00. The summed E-state index contributed by atoms with van der Waals surface area (Å²) in [5.74, 6) is 0. The Bertz CT molecular complexity index is 6.00. The minimum absolute atomic E-state index is 1.97. The van der Waals surface area contributed by atoms with Crippen molar-refractivity contribution in [3.8, 4) is 0 Å². The van der Waals surface area contributed by atoms with E-state index in [9.17, 15) is 0 Å². The minimum Gasteiger partial charge on any atom is -0.433 e. The molecule has 0 amide bonds. The summed E-state index contributed by atoms with van der Waals surface area (Å²) in [5.41, 5.74) is 0. The summed E-state index contributed by atoms with van der Waals surface area (Å²) in [5, 5.41) is 0. The van der Waals surface area contributed by atoms with Gasteiger partial charge in [-0.1, -0.05) is 0 Å². The topological polar surface area (TPSA) is 60.7 Å². The van der Waals surface area contributed by atoms with Gasteiger partial charge >= 0.3 is 0 Å². The van der Waals surface area contributed by atoms with Crippen LogP contribution in [-0.2, 0) is 0 Å². The fraction of sp³-hybridized carbons (Fsp3) is 0. The quantitative estimate of drug-likeness (QED) is 0.314. The summed E-state index contributed by atoms with van der Waals surface area (Å²) in [6.45, 7) is 0. The zero-order chi connectivity index (χ0) is 6.00. The van der Waals surface area contributed by atoms with Crippen LogP contribution < -0.4 is 0 Å². The molecule has 0 aliphatic carbocycles.